The van der Waals surface area contributed by atoms with E-state index in [9.17, 15) is 14.4 Å². The number of hydrogen-bond donors (Lipinski definition) is 0. The number of methoxy groups -OCH3 is 1. The molecule has 2 amide bonds. The molecule has 0 spiro atoms. The van der Waals surface area contributed by atoms with Crippen LogP contribution < -0.4 is 4.74 Å². The fourth-order valence-corrected chi connectivity index (χ4v) is 4.12. The van der Waals surface area contributed by atoms with Gasteiger partial charge in [-0.1, -0.05) is 6.07 Å². The molecule has 0 aliphatic carbocycles. The van der Waals surface area contributed by atoms with Crippen LogP contribution in [0.25, 0.3) is 11.8 Å². The summed E-state index contributed by atoms with van der Waals surface area (Å²) in [6.45, 7) is 6.95. The van der Waals surface area contributed by atoms with Gasteiger partial charge in [-0.25, -0.2) is 0 Å². The maximum Gasteiger partial charge on any atom is 0.326 e. The molecule has 0 radical (unpaired) electrons. The molecule has 3 rings (SSSR count). The predicted octanol–water partition coefficient (Wildman–Crippen LogP) is 4.09. The van der Waals surface area contributed by atoms with Gasteiger partial charge in [0.2, 0.25) is 0 Å². The Balaban J connectivity index is 1.88. The molecule has 0 saturated carbocycles. The number of aryl methyl sites for hydroxylation is 1. The van der Waals surface area contributed by atoms with Crippen molar-refractivity contribution in [2.45, 2.75) is 33.8 Å². The van der Waals surface area contributed by atoms with E-state index in [0.29, 0.717) is 0 Å². The maximum absolute atomic E-state index is 12.7. The highest BCUT2D eigenvalue weighted by Gasteiger charge is 2.37. The van der Waals surface area contributed by atoms with Crippen molar-refractivity contribution in [2.24, 2.45) is 0 Å². The lowest BCUT2D eigenvalue weighted by molar-refractivity contribution is -0.149. The Labute approximate surface area is 179 Å². The zero-order valence-corrected chi connectivity index (χ0v) is 18.4. The molecule has 0 unspecified atom stereocenters. The molecule has 2 heterocycles. The summed E-state index contributed by atoms with van der Waals surface area (Å²) in [5.41, 5.74) is 3.66. The molecule has 1 aromatic carbocycles. The van der Waals surface area contributed by atoms with Gasteiger partial charge in [-0.2, -0.15) is 0 Å². The lowest BCUT2D eigenvalue weighted by Crippen LogP contribution is -2.35. The minimum atomic E-state index is -0.607. The molecule has 7 nitrogen and oxygen atoms in total. The van der Waals surface area contributed by atoms with Gasteiger partial charge >= 0.3 is 5.97 Å². The van der Waals surface area contributed by atoms with E-state index in [1.807, 2.05) is 44.2 Å². The van der Waals surface area contributed by atoms with Crippen LogP contribution >= 0.6 is 11.8 Å². The Kier molecular flexibility index (Phi) is 6.36. The minimum Gasteiger partial charge on any atom is -0.497 e. The highest BCUT2D eigenvalue weighted by molar-refractivity contribution is 8.18. The van der Waals surface area contributed by atoms with Gasteiger partial charge < -0.3 is 14.0 Å². The lowest BCUT2D eigenvalue weighted by Gasteiger charge is -2.13. The summed E-state index contributed by atoms with van der Waals surface area (Å²) in [6.07, 6.45) is 1.38. The highest BCUT2D eigenvalue weighted by atomic mass is 32.2. The SMILES string of the molecule is COc1cccc(-n2c(C)cc(/C=C3\SC(=O)N(CC(=O)OC(C)C)C3=O)c2C)c1. The average Bonchev–Trinajstić information content (AvgIpc) is 3.11. The van der Waals surface area contributed by atoms with E-state index < -0.39 is 17.1 Å². The number of esters is 1. The first-order valence-electron chi connectivity index (χ1n) is 9.49. The van der Waals surface area contributed by atoms with Crippen molar-refractivity contribution in [3.05, 3.63) is 52.2 Å². The molecule has 0 bridgehead atoms. The van der Waals surface area contributed by atoms with E-state index in [0.717, 1.165) is 45.1 Å². The third-order valence-corrected chi connectivity index (χ3v) is 5.50. The maximum atomic E-state index is 12.7. The van der Waals surface area contributed by atoms with Gasteiger partial charge in [-0.05, 0) is 69.3 Å². The monoisotopic (exact) mass is 428 g/mol. The fraction of sp³-hybridized carbons (Fsp3) is 0.318. The summed E-state index contributed by atoms with van der Waals surface area (Å²) in [6, 6.07) is 9.64. The summed E-state index contributed by atoms with van der Waals surface area (Å²) >= 11 is 0.825. The second-order valence-corrected chi connectivity index (χ2v) is 8.16. The zero-order chi connectivity index (χ0) is 22.0. The zero-order valence-electron chi connectivity index (χ0n) is 17.6. The van der Waals surface area contributed by atoms with Gasteiger partial charge in [0.25, 0.3) is 11.1 Å². The molecule has 158 valence electrons. The standard InChI is InChI=1S/C22H24N2O5S/c1-13(2)29-20(25)12-23-21(26)19(30-22(23)27)10-16-9-14(3)24(15(16)4)17-7-6-8-18(11-17)28-5/h6-11,13H,12H2,1-5H3/b19-10-. The van der Waals surface area contributed by atoms with Crippen molar-refractivity contribution in [2.75, 3.05) is 13.7 Å². The Morgan fingerprint density at radius 1 is 1.20 bits per heavy atom. The van der Waals surface area contributed by atoms with E-state index in [1.165, 1.54) is 0 Å². The Hall–Kier alpha value is -3.00. The first-order chi connectivity index (χ1) is 14.2. The number of ether oxygens (including phenoxy) is 2. The topological polar surface area (TPSA) is 77.8 Å². The second kappa shape index (κ2) is 8.79. The van der Waals surface area contributed by atoms with Crippen LogP contribution in [-0.2, 0) is 14.3 Å². The Morgan fingerprint density at radius 3 is 2.60 bits per heavy atom. The van der Waals surface area contributed by atoms with Crippen molar-refractivity contribution >= 4 is 35.0 Å². The first-order valence-corrected chi connectivity index (χ1v) is 10.3. The molecule has 1 fully saturated rings. The Bertz CT molecular complexity index is 1040. The van der Waals surface area contributed by atoms with Crippen molar-refractivity contribution in [1.29, 1.82) is 0 Å². The van der Waals surface area contributed by atoms with Crippen LogP contribution in [0.5, 0.6) is 5.75 Å². The average molecular weight is 429 g/mol. The highest BCUT2D eigenvalue weighted by Crippen LogP contribution is 2.34. The number of rotatable bonds is 6. The van der Waals surface area contributed by atoms with Crippen LogP contribution in [0.3, 0.4) is 0 Å². The van der Waals surface area contributed by atoms with Crippen LogP contribution in [0.2, 0.25) is 0 Å². The van der Waals surface area contributed by atoms with Crippen molar-refractivity contribution in [1.82, 2.24) is 9.47 Å². The summed E-state index contributed by atoms with van der Waals surface area (Å²) in [7, 11) is 1.62. The molecule has 2 aromatic rings. The summed E-state index contributed by atoms with van der Waals surface area (Å²) in [5.74, 6) is -0.349. The van der Waals surface area contributed by atoms with Crippen molar-refractivity contribution in [3.63, 3.8) is 0 Å². The Morgan fingerprint density at radius 2 is 1.93 bits per heavy atom. The van der Waals surface area contributed by atoms with Gasteiger partial charge in [0.1, 0.15) is 12.3 Å². The number of nitrogens with zero attached hydrogens (tertiary/aromatic N) is 2. The number of hydrogen-bond acceptors (Lipinski definition) is 6. The largest absolute Gasteiger partial charge is 0.497 e. The molecular weight excluding hydrogens is 404 g/mol. The van der Waals surface area contributed by atoms with Crippen LogP contribution in [-0.4, -0.2) is 46.3 Å². The van der Waals surface area contributed by atoms with Crippen molar-refractivity contribution in [3.8, 4) is 11.4 Å². The molecule has 0 atom stereocenters. The van der Waals surface area contributed by atoms with Crippen LogP contribution in [0.1, 0.15) is 30.8 Å². The summed E-state index contributed by atoms with van der Waals surface area (Å²) < 4.78 is 12.4. The number of aromatic nitrogens is 1. The first kappa shape index (κ1) is 21.7. The van der Waals surface area contributed by atoms with Crippen LogP contribution in [0.4, 0.5) is 4.79 Å². The van der Waals surface area contributed by atoms with Crippen LogP contribution in [0, 0.1) is 13.8 Å². The fourth-order valence-electron chi connectivity index (χ4n) is 3.29. The number of carbonyl (C=O) groups excluding carboxylic acids is 3. The third-order valence-electron chi connectivity index (χ3n) is 4.60. The van der Waals surface area contributed by atoms with Crippen molar-refractivity contribution < 1.29 is 23.9 Å². The second-order valence-electron chi connectivity index (χ2n) is 7.17. The van der Waals surface area contributed by atoms with Gasteiger partial charge in [-0.3, -0.25) is 19.3 Å². The molecule has 30 heavy (non-hydrogen) atoms. The molecule has 1 saturated heterocycles. The number of thioether (sulfide) groups is 1. The van der Waals surface area contributed by atoms with E-state index in [1.54, 1.807) is 27.0 Å². The molecule has 1 aliphatic rings. The molecule has 1 aliphatic heterocycles. The number of amides is 2. The molecule has 8 heteroatoms. The van der Waals surface area contributed by atoms with Crippen LogP contribution in [0.15, 0.2) is 35.2 Å². The minimum absolute atomic E-state index is 0.281. The molecule has 0 N–H and O–H groups in total. The van der Waals surface area contributed by atoms with E-state index in [2.05, 4.69) is 4.57 Å². The number of benzene rings is 1. The quantitative estimate of drug-likeness (QED) is 0.509. The summed E-state index contributed by atoms with van der Waals surface area (Å²) in [4.78, 5) is 38.0. The summed E-state index contributed by atoms with van der Waals surface area (Å²) in [5, 5.41) is -0.478. The number of imide groups is 1. The lowest BCUT2D eigenvalue weighted by atomic mass is 10.2. The van der Waals surface area contributed by atoms with Gasteiger partial charge in [0, 0.05) is 23.1 Å². The predicted molar refractivity (Wildman–Crippen MR) is 116 cm³/mol. The van der Waals surface area contributed by atoms with E-state index in [4.69, 9.17) is 9.47 Å². The van der Waals surface area contributed by atoms with E-state index >= 15 is 0 Å². The van der Waals surface area contributed by atoms with Gasteiger partial charge in [0.05, 0.1) is 18.1 Å². The molecule has 1 aromatic heterocycles. The normalized spacial score (nSPS) is 15.4. The van der Waals surface area contributed by atoms with Gasteiger partial charge in [0.15, 0.2) is 0 Å². The van der Waals surface area contributed by atoms with E-state index in [-0.39, 0.29) is 17.6 Å². The smallest absolute Gasteiger partial charge is 0.326 e. The third kappa shape index (κ3) is 4.43. The molecular formula is C22H24N2O5S. The van der Waals surface area contributed by atoms with Gasteiger partial charge in [-0.15, -0.1) is 0 Å². The number of carbonyl (C=O) groups is 3.